The Morgan fingerprint density at radius 2 is 2.19 bits per heavy atom. The van der Waals surface area contributed by atoms with Crippen LogP contribution < -0.4 is 5.32 Å². The maximum absolute atomic E-state index is 11.3. The van der Waals surface area contributed by atoms with Gasteiger partial charge in [0.15, 0.2) is 0 Å². The summed E-state index contributed by atoms with van der Waals surface area (Å²) >= 11 is 0. The van der Waals surface area contributed by atoms with E-state index >= 15 is 0 Å². The monoisotopic (exact) mass is 226 g/mol. The number of hydrogen-bond acceptors (Lipinski definition) is 3. The van der Waals surface area contributed by atoms with Crippen LogP contribution in [0.3, 0.4) is 0 Å². The second kappa shape index (κ2) is 5.30. The van der Waals surface area contributed by atoms with Crippen LogP contribution in [-0.2, 0) is 9.53 Å². The summed E-state index contributed by atoms with van der Waals surface area (Å²) in [6.07, 6.45) is 3.86. The van der Waals surface area contributed by atoms with Gasteiger partial charge in [0, 0.05) is 32.7 Å². The fraction of sp³-hybridized carbons (Fsp3) is 0.818. The molecule has 2 fully saturated rings. The number of ether oxygens (including phenoxy) is 1. The zero-order valence-electron chi connectivity index (χ0n) is 9.41. The maximum Gasteiger partial charge on any atom is 0.324 e. The molecule has 1 heterocycles. The first-order chi connectivity index (χ1) is 7.75. The van der Waals surface area contributed by atoms with E-state index in [1.807, 2.05) is 0 Å². The van der Waals surface area contributed by atoms with Gasteiger partial charge in [-0.3, -0.25) is 10.1 Å². The average Bonchev–Trinajstić information content (AvgIpc) is 3.04. The molecule has 0 spiro atoms. The van der Waals surface area contributed by atoms with Crippen molar-refractivity contribution in [1.82, 2.24) is 10.2 Å². The van der Waals surface area contributed by atoms with Crippen LogP contribution in [0.2, 0.25) is 0 Å². The smallest absolute Gasteiger partial charge is 0.324 e. The first kappa shape index (κ1) is 11.4. The maximum atomic E-state index is 11.3. The summed E-state index contributed by atoms with van der Waals surface area (Å²) in [5.41, 5.74) is 0. The molecule has 0 bridgehead atoms. The van der Waals surface area contributed by atoms with Gasteiger partial charge in [-0.25, -0.2) is 4.79 Å². The highest BCUT2D eigenvalue weighted by Gasteiger charge is 2.23. The molecule has 0 aromatic rings. The van der Waals surface area contributed by atoms with Crippen LogP contribution >= 0.6 is 0 Å². The second-order valence-corrected chi connectivity index (χ2v) is 4.46. The second-order valence-electron chi connectivity index (χ2n) is 4.46. The van der Waals surface area contributed by atoms with Crippen molar-refractivity contribution in [2.45, 2.75) is 25.7 Å². The molecule has 1 saturated carbocycles. The Morgan fingerprint density at radius 1 is 1.38 bits per heavy atom. The predicted octanol–water partition coefficient (Wildman–Crippen LogP) is 0.745. The third kappa shape index (κ3) is 3.48. The molecule has 2 rings (SSSR count). The molecule has 90 valence electrons. The topological polar surface area (TPSA) is 58.6 Å². The molecule has 3 amide bonds. The molecule has 5 heteroatoms. The van der Waals surface area contributed by atoms with E-state index in [-0.39, 0.29) is 11.9 Å². The normalized spacial score (nSPS) is 21.1. The first-order valence-electron chi connectivity index (χ1n) is 5.92. The number of imide groups is 1. The van der Waals surface area contributed by atoms with E-state index in [0.29, 0.717) is 26.1 Å². The summed E-state index contributed by atoms with van der Waals surface area (Å²) in [7, 11) is 0. The molecule has 2 aliphatic rings. The molecule has 1 N–H and O–H groups in total. The molecule has 0 aromatic carbocycles. The Labute approximate surface area is 95.1 Å². The number of urea groups is 1. The van der Waals surface area contributed by atoms with Gasteiger partial charge in [-0.05, 0) is 25.2 Å². The third-order valence-electron chi connectivity index (χ3n) is 2.91. The van der Waals surface area contributed by atoms with Gasteiger partial charge in [0.1, 0.15) is 0 Å². The van der Waals surface area contributed by atoms with Gasteiger partial charge in [-0.1, -0.05) is 0 Å². The van der Waals surface area contributed by atoms with Crippen LogP contribution in [0.1, 0.15) is 25.7 Å². The van der Waals surface area contributed by atoms with Crippen molar-refractivity contribution in [3.63, 3.8) is 0 Å². The summed E-state index contributed by atoms with van der Waals surface area (Å²) in [6.45, 7) is 2.77. The van der Waals surface area contributed by atoms with E-state index in [1.54, 1.807) is 4.90 Å². The van der Waals surface area contributed by atoms with E-state index in [0.717, 1.165) is 18.9 Å². The number of amides is 3. The fourth-order valence-corrected chi connectivity index (χ4v) is 1.70. The Kier molecular flexibility index (Phi) is 3.77. The summed E-state index contributed by atoms with van der Waals surface area (Å²) in [6, 6.07) is -0.265. The molecule has 1 aliphatic carbocycles. The molecular weight excluding hydrogens is 208 g/mol. The summed E-state index contributed by atoms with van der Waals surface area (Å²) in [5.74, 6) is 0.613. The molecule has 0 unspecified atom stereocenters. The summed E-state index contributed by atoms with van der Waals surface area (Å²) in [5, 5.41) is 2.31. The number of carbonyl (C=O) groups excluding carboxylic acids is 2. The van der Waals surface area contributed by atoms with E-state index in [9.17, 15) is 9.59 Å². The molecule has 0 atom stereocenters. The zero-order valence-corrected chi connectivity index (χ0v) is 9.41. The number of carbonyl (C=O) groups is 2. The van der Waals surface area contributed by atoms with Gasteiger partial charge in [0.05, 0.1) is 0 Å². The van der Waals surface area contributed by atoms with Crippen LogP contribution in [0.4, 0.5) is 4.79 Å². The quantitative estimate of drug-likeness (QED) is 0.680. The summed E-state index contributed by atoms with van der Waals surface area (Å²) in [4.78, 5) is 23.9. The van der Waals surface area contributed by atoms with Crippen molar-refractivity contribution in [3.05, 3.63) is 0 Å². The van der Waals surface area contributed by atoms with Crippen molar-refractivity contribution in [2.24, 2.45) is 5.92 Å². The Balaban J connectivity index is 1.54. The lowest BCUT2D eigenvalue weighted by Gasteiger charge is -2.26. The Morgan fingerprint density at radius 3 is 2.88 bits per heavy atom. The lowest BCUT2D eigenvalue weighted by atomic mass is 10.3. The van der Waals surface area contributed by atoms with Gasteiger partial charge in [0.25, 0.3) is 0 Å². The van der Waals surface area contributed by atoms with Gasteiger partial charge >= 0.3 is 6.03 Å². The van der Waals surface area contributed by atoms with Crippen LogP contribution in [0.15, 0.2) is 0 Å². The Hall–Kier alpha value is -1.10. The van der Waals surface area contributed by atoms with Crippen LogP contribution in [0, 0.1) is 5.92 Å². The minimum absolute atomic E-state index is 0.175. The highest BCUT2D eigenvalue weighted by Crippen LogP contribution is 2.28. The SMILES string of the molecule is O=C1CCN(CCCOCC2CC2)C(=O)N1. The minimum atomic E-state index is -0.265. The van der Waals surface area contributed by atoms with E-state index in [4.69, 9.17) is 4.74 Å². The van der Waals surface area contributed by atoms with Crippen molar-refractivity contribution in [3.8, 4) is 0 Å². The molecule has 0 radical (unpaired) electrons. The predicted molar refractivity (Wildman–Crippen MR) is 57.9 cm³/mol. The van der Waals surface area contributed by atoms with Crippen molar-refractivity contribution in [2.75, 3.05) is 26.3 Å². The Bertz CT molecular complexity index is 276. The highest BCUT2D eigenvalue weighted by atomic mass is 16.5. The molecule has 1 aliphatic heterocycles. The van der Waals surface area contributed by atoms with Crippen LogP contribution in [-0.4, -0.2) is 43.1 Å². The lowest BCUT2D eigenvalue weighted by molar-refractivity contribution is -0.121. The number of nitrogens with zero attached hydrogens (tertiary/aromatic N) is 1. The lowest BCUT2D eigenvalue weighted by Crippen LogP contribution is -2.49. The fourth-order valence-electron chi connectivity index (χ4n) is 1.70. The molecular formula is C11H18N2O3. The van der Waals surface area contributed by atoms with Crippen molar-refractivity contribution in [1.29, 1.82) is 0 Å². The molecule has 1 saturated heterocycles. The standard InChI is InChI=1S/C11H18N2O3/c14-10-4-6-13(11(15)12-10)5-1-7-16-8-9-2-3-9/h9H,1-8H2,(H,12,14,15). The van der Waals surface area contributed by atoms with Crippen LogP contribution in [0.25, 0.3) is 0 Å². The van der Waals surface area contributed by atoms with E-state index < -0.39 is 0 Å². The van der Waals surface area contributed by atoms with Crippen LogP contribution in [0.5, 0.6) is 0 Å². The molecule has 5 nitrogen and oxygen atoms in total. The number of rotatable bonds is 6. The zero-order chi connectivity index (χ0) is 11.4. The average molecular weight is 226 g/mol. The van der Waals surface area contributed by atoms with Crippen molar-refractivity contribution >= 4 is 11.9 Å². The molecule has 0 aromatic heterocycles. The number of hydrogen-bond donors (Lipinski definition) is 1. The van der Waals surface area contributed by atoms with Gasteiger partial charge in [0.2, 0.25) is 5.91 Å². The minimum Gasteiger partial charge on any atom is -0.381 e. The first-order valence-corrected chi connectivity index (χ1v) is 5.92. The third-order valence-corrected chi connectivity index (χ3v) is 2.91. The van der Waals surface area contributed by atoms with E-state index in [1.165, 1.54) is 12.8 Å². The van der Waals surface area contributed by atoms with Gasteiger partial charge < -0.3 is 9.64 Å². The largest absolute Gasteiger partial charge is 0.381 e. The van der Waals surface area contributed by atoms with E-state index in [2.05, 4.69) is 5.32 Å². The molecule has 16 heavy (non-hydrogen) atoms. The van der Waals surface area contributed by atoms with Gasteiger partial charge in [-0.2, -0.15) is 0 Å². The highest BCUT2D eigenvalue weighted by molar-refractivity contribution is 5.96. The van der Waals surface area contributed by atoms with Gasteiger partial charge in [-0.15, -0.1) is 0 Å². The summed E-state index contributed by atoms with van der Waals surface area (Å²) < 4.78 is 5.48. The number of nitrogens with one attached hydrogen (secondary N) is 1. The van der Waals surface area contributed by atoms with Crippen molar-refractivity contribution < 1.29 is 14.3 Å².